The van der Waals surface area contributed by atoms with Crippen molar-refractivity contribution in [1.29, 1.82) is 0 Å². The van der Waals surface area contributed by atoms with Gasteiger partial charge in [0, 0.05) is 29.0 Å². The lowest BCUT2D eigenvalue weighted by atomic mass is 10.0. The molecule has 0 aliphatic rings. The Labute approximate surface area is 114 Å². The summed E-state index contributed by atoms with van der Waals surface area (Å²) < 4.78 is 19.5. The van der Waals surface area contributed by atoms with E-state index < -0.39 is 0 Å². The molecule has 18 heavy (non-hydrogen) atoms. The highest BCUT2D eigenvalue weighted by molar-refractivity contribution is 7.16. The van der Waals surface area contributed by atoms with Crippen LogP contribution in [0, 0.1) is 5.82 Å². The molecular formula is C13H13ClFNOS. The Bertz CT molecular complexity index is 544. The van der Waals surface area contributed by atoms with Gasteiger partial charge in [-0.25, -0.2) is 4.39 Å². The van der Waals surface area contributed by atoms with Crippen LogP contribution in [0.15, 0.2) is 30.3 Å². The van der Waals surface area contributed by atoms with Crippen molar-refractivity contribution >= 4 is 22.9 Å². The average molecular weight is 286 g/mol. The van der Waals surface area contributed by atoms with Crippen molar-refractivity contribution in [3.8, 4) is 5.75 Å². The van der Waals surface area contributed by atoms with E-state index in [-0.39, 0.29) is 11.9 Å². The van der Waals surface area contributed by atoms with E-state index in [1.807, 2.05) is 12.1 Å². The van der Waals surface area contributed by atoms with Crippen LogP contribution in [0.2, 0.25) is 4.34 Å². The molecule has 0 aliphatic heterocycles. The smallest absolute Gasteiger partial charge is 0.131 e. The lowest BCUT2D eigenvalue weighted by Crippen LogP contribution is -2.14. The predicted molar refractivity (Wildman–Crippen MR) is 72.9 cm³/mol. The second kappa shape index (κ2) is 5.69. The normalized spacial score (nSPS) is 12.4. The number of nitrogens with two attached hydrogens (primary N) is 1. The molecule has 1 heterocycles. The number of hydrogen-bond donors (Lipinski definition) is 1. The summed E-state index contributed by atoms with van der Waals surface area (Å²) in [5.74, 6) is 0.145. The summed E-state index contributed by atoms with van der Waals surface area (Å²) in [6.07, 6.45) is 0.570. The van der Waals surface area contributed by atoms with Crippen molar-refractivity contribution in [2.24, 2.45) is 5.73 Å². The summed E-state index contributed by atoms with van der Waals surface area (Å²) in [6, 6.07) is 8.06. The highest BCUT2D eigenvalue weighted by atomic mass is 35.5. The number of halogens is 2. The van der Waals surface area contributed by atoms with Gasteiger partial charge in [0.05, 0.1) is 11.4 Å². The quantitative estimate of drug-likeness (QED) is 0.927. The predicted octanol–water partition coefficient (Wildman–Crippen LogP) is 3.79. The molecule has 0 radical (unpaired) electrons. The fourth-order valence-corrected chi connectivity index (χ4v) is 2.87. The van der Waals surface area contributed by atoms with E-state index in [0.717, 1.165) is 4.88 Å². The monoisotopic (exact) mass is 285 g/mol. The number of thiophene rings is 1. The molecule has 1 aromatic heterocycles. The van der Waals surface area contributed by atoms with Crippen molar-refractivity contribution in [3.05, 3.63) is 50.9 Å². The number of hydrogen-bond acceptors (Lipinski definition) is 3. The number of benzene rings is 1. The fraction of sp³-hybridized carbons (Fsp3) is 0.231. The minimum Gasteiger partial charge on any atom is -0.497 e. The van der Waals surface area contributed by atoms with Gasteiger partial charge in [0.1, 0.15) is 11.6 Å². The Morgan fingerprint density at radius 3 is 2.72 bits per heavy atom. The average Bonchev–Trinajstić information content (AvgIpc) is 2.74. The van der Waals surface area contributed by atoms with Crippen LogP contribution < -0.4 is 10.5 Å². The van der Waals surface area contributed by atoms with Gasteiger partial charge >= 0.3 is 0 Å². The van der Waals surface area contributed by atoms with Crippen LogP contribution in [-0.2, 0) is 6.42 Å². The Kier molecular flexibility index (Phi) is 4.22. The van der Waals surface area contributed by atoms with Crippen molar-refractivity contribution in [2.45, 2.75) is 12.5 Å². The number of methoxy groups -OCH3 is 1. The van der Waals surface area contributed by atoms with E-state index >= 15 is 0 Å². The minimum atomic E-state index is -0.384. The SMILES string of the molecule is COc1ccc(C(N)Cc2ccc(Cl)s2)c(F)c1. The van der Waals surface area contributed by atoms with Crippen molar-refractivity contribution < 1.29 is 9.13 Å². The van der Waals surface area contributed by atoms with Gasteiger partial charge in [0.25, 0.3) is 0 Å². The summed E-state index contributed by atoms with van der Waals surface area (Å²) in [5, 5.41) is 0. The second-order valence-electron chi connectivity index (χ2n) is 3.90. The van der Waals surface area contributed by atoms with Crippen LogP contribution in [0.1, 0.15) is 16.5 Å². The maximum absolute atomic E-state index is 13.8. The molecule has 5 heteroatoms. The zero-order valence-electron chi connectivity index (χ0n) is 9.82. The van der Waals surface area contributed by atoms with Crippen LogP contribution in [0.3, 0.4) is 0 Å². The Morgan fingerprint density at radius 1 is 1.39 bits per heavy atom. The lowest BCUT2D eigenvalue weighted by Gasteiger charge is -2.12. The molecule has 0 amide bonds. The molecule has 0 fully saturated rings. The largest absolute Gasteiger partial charge is 0.497 e. The van der Waals surface area contributed by atoms with E-state index in [1.165, 1.54) is 24.5 Å². The first kappa shape index (κ1) is 13.3. The van der Waals surface area contributed by atoms with Crippen molar-refractivity contribution in [2.75, 3.05) is 7.11 Å². The Balaban J connectivity index is 2.15. The summed E-state index contributed by atoms with van der Waals surface area (Å²) in [7, 11) is 1.50. The molecule has 0 spiro atoms. The molecular weight excluding hydrogens is 273 g/mol. The second-order valence-corrected chi connectivity index (χ2v) is 5.70. The molecule has 0 saturated carbocycles. The molecule has 0 saturated heterocycles. The highest BCUT2D eigenvalue weighted by Gasteiger charge is 2.14. The summed E-state index contributed by atoms with van der Waals surface area (Å²) in [4.78, 5) is 1.04. The first-order valence-corrected chi connectivity index (χ1v) is 6.63. The van der Waals surface area contributed by atoms with Gasteiger partial charge in [-0.15, -0.1) is 11.3 Å². The summed E-state index contributed by atoms with van der Waals surface area (Å²) >= 11 is 7.31. The van der Waals surface area contributed by atoms with Crippen molar-refractivity contribution in [3.63, 3.8) is 0 Å². The van der Waals surface area contributed by atoms with E-state index in [1.54, 1.807) is 12.1 Å². The van der Waals surface area contributed by atoms with Gasteiger partial charge in [0.2, 0.25) is 0 Å². The lowest BCUT2D eigenvalue weighted by molar-refractivity contribution is 0.410. The Hall–Kier alpha value is -1.10. The third-order valence-corrected chi connectivity index (χ3v) is 3.91. The van der Waals surface area contributed by atoms with Crippen LogP contribution in [0.4, 0.5) is 4.39 Å². The zero-order valence-corrected chi connectivity index (χ0v) is 11.4. The minimum absolute atomic E-state index is 0.343. The molecule has 2 N–H and O–H groups in total. The molecule has 0 aliphatic carbocycles. The molecule has 1 atom stereocenters. The van der Waals surface area contributed by atoms with Crippen LogP contribution in [-0.4, -0.2) is 7.11 Å². The molecule has 1 unspecified atom stereocenters. The molecule has 0 bridgehead atoms. The topological polar surface area (TPSA) is 35.2 Å². The van der Waals surface area contributed by atoms with E-state index in [2.05, 4.69) is 0 Å². The standard InChI is InChI=1S/C13H13ClFNOS/c1-17-8-2-4-10(11(15)6-8)12(16)7-9-3-5-13(14)18-9/h2-6,12H,7,16H2,1H3. The molecule has 96 valence electrons. The molecule has 2 nitrogen and oxygen atoms in total. The third-order valence-electron chi connectivity index (χ3n) is 2.66. The number of rotatable bonds is 4. The van der Waals surface area contributed by atoms with Gasteiger partial charge in [0.15, 0.2) is 0 Å². The van der Waals surface area contributed by atoms with E-state index in [4.69, 9.17) is 22.1 Å². The number of ether oxygens (including phenoxy) is 1. The van der Waals surface area contributed by atoms with Gasteiger partial charge in [-0.3, -0.25) is 0 Å². The van der Waals surface area contributed by atoms with Gasteiger partial charge in [-0.2, -0.15) is 0 Å². The summed E-state index contributed by atoms with van der Waals surface area (Å²) in [5.41, 5.74) is 6.50. The Morgan fingerprint density at radius 2 is 2.17 bits per heavy atom. The first-order chi connectivity index (χ1) is 8.60. The molecule has 2 aromatic rings. The van der Waals surface area contributed by atoms with Gasteiger partial charge in [-0.05, 0) is 18.2 Å². The van der Waals surface area contributed by atoms with Crippen LogP contribution >= 0.6 is 22.9 Å². The van der Waals surface area contributed by atoms with E-state index in [0.29, 0.717) is 22.1 Å². The highest BCUT2D eigenvalue weighted by Crippen LogP contribution is 2.27. The maximum atomic E-state index is 13.8. The first-order valence-electron chi connectivity index (χ1n) is 5.43. The molecule has 1 aromatic carbocycles. The summed E-state index contributed by atoms with van der Waals surface area (Å²) in [6.45, 7) is 0. The molecule has 2 rings (SSSR count). The fourth-order valence-electron chi connectivity index (χ4n) is 1.72. The van der Waals surface area contributed by atoms with Crippen LogP contribution in [0.5, 0.6) is 5.75 Å². The third kappa shape index (κ3) is 3.02. The van der Waals surface area contributed by atoms with E-state index in [9.17, 15) is 4.39 Å². The zero-order chi connectivity index (χ0) is 13.1. The van der Waals surface area contributed by atoms with Gasteiger partial charge in [-0.1, -0.05) is 17.7 Å². The van der Waals surface area contributed by atoms with Crippen molar-refractivity contribution in [1.82, 2.24) is 0 Å². The maximum Gasteiger partial charge on any atom is 0.131 e. The van der Waals surface area contributed by atoms with Crippen LogP contribution in [0.25, 0.3) is 0 Å². The van der Waals surface area contributed by atoms with Gasteiger partial charge < -0.3 is 10.5 Å².